The predicted octanol–water partition coefficient (Wildman–Crippen LogP) is 5.10. The highest BCUT2D eigenvalue weighted by atomic mass is 35.5. The molecule has 3 aromatic rings. The first-order valence-electron chi connectivity index (χ1n) is 7.77. The number of halogens is 1. The number of aromatic hydroxyl groups is 1. The maximum atomic E-state index is 12.2. The lowest BCUT2D eigenvalue weighted by atomic mass is 10.2. The van der Waals surface area contributed by atoms with Crippen LogP contribution >= 0.6 is 11.6 Å². The normalized spacial score (nSPS) is 10.2. The molecule has 26 heavy (non-hydrogen) atoms. The molecular formula is C20H16ClNO4. The molecule has 0 saturated heterocycles. The second kappa shape index (κ2) is 7.80. The van der Waals surface area contributed by atoms with Gasteiger partial charge in [0, 0.05) is 5.69 Å². The largest absolute Gasteiger partial charge is 0.507 e. The van der Waals surface area contributed by atoms with Crippen molar-refractivity contribution >= 4 is 23.2 Å². The van der Waals surface area contributed by atoms with Crippen molar-refractivity contribution in [2.45, 2.75) is 0 Å². The van der Waals surface area contributed by atoms with Crippen LogP contribution in [0.1, 0.15) is 10.4 Å². The van der Waals surface area contributed by atoms with E-state index in [0.717, 1.165) is 5.75 Å². The number of hydrogen-bond donors (Lipinski definition) is 2. The lowest BCUT2D eigenvalue weighted by molar-refractivity contribution is 0.102. The number of methoxy groups -OCH3 is 1. The fraction of sp³-hybridized carbons (Fsp3) is 0.0500. The summed E-state index contributed by atoms with van der Waals surface area (Å²) in [6.45, 7) is 0. The topological polar surface area (TPSA) is 67.8 Å². The van der Waals surface area contributed by atoms with Crippen molar-refractivity contribution in [2.24, 2.45) is 0 Å². The third-order valence-electron chi connectivity index (χ3n) is 3.63. The predicted molar refractivity (Wildman–Crippen MR) is 101 cm³/mol. The Balaban J connectivity index is 1.72. The van der Waals surface area contributed by atoms with E-state index in [0.29, 0.717) is 22.2 Å². The zero-order chi connectivity index (χ0) is 18.5. The third-order valence-corrected chi connectivity index (χ3v) is 3.92. The number of ether oxygens (including phenoxy) is 2. The molecule has 2 N–H and O–H groups in total. The lowest BCUT2D eigenvalue weighted by Crippen LogP contribution is -2.11. The van der Waals surface area contributed by atoms with Gasteiger partial charge in [0.05, 0.1) is 17.7 Å². The molecule has 0 saturated carbocycles. The van der Waals surface area contributed by atoms with E-state index in [-0.39, 0.29) is 11.3 Å². The van der Waals surface area contributed by atoms with E-state index in [4.69, 9.17) is 21.1 Å². The lowest BCUT2D eigenvalue weighted by Gasteiger charge is -2.11. The summed E-state index contributed by atoms with van der Waals surface area (Å²) in [5, 5.41) is 12.8. The average molecular weight is 370 g/mol. The molecule has 0 aromatic heterocycles. The molecule has 6 heteroatoms. The minimum atomic E-state index is -0.428. The highest BCUT2D eigenvalue weighted by molar-refractivity contribution is 6.32. The molecule has 5 nitrogen and oxygen atoms in total. The number of hydrogen-bond acceptors (Lipinski definition) is 4. The summed E-state index contributed by atoms with van der Waals surface area (Å²) < 4.78 is 10.8. The number of amides is 1. The Labute approximate surface area is 155 Å². The maximum Gasteiger partial charge on any atom is 0.259 e. The Morgan fingerprint density at radius 1 is 1.00 bits per heavy atom. The number of benzene rings is 3. The van der Waals surface area contributed by atoms with E-state index in [9.17, 15) is 9.90 Å². The van der Waals surface area contributed by atoms with Crippen LogP contribution in [0.15, 0.2) is 66.7 Å². The Bertz CT molecular complexity index is 925. The molecule has 0 radical (unpaired) electrons. The van der Waals surface area contributed by atoms with Gasteiger partial charge in [0.1, 0.15) is 23.0 Å². The first-order valence-corrected chi connectivity index (χ1v) is 8.15. The fourth-order valence-electron chi connectivity index (χ4n) is 2.30. The minimum Gasteiger partial charge on any atom is -0.507 e. The number of carbonyl (C=O) groups excluding carboxylic acids is 1. The molecule has 0 heterocycles. The number of rotatable bonds is 5. The zero-order valence-electron chi connectivity index (χ0n) is 13.9. The number of anilines is 1. The minimum absolute atomic E-state index is 0.0874. The maximum absolute atomic E-state index is 12.2. The summed E-state index contributed by atoms with van der Waals surface area (Å²) >= 11 is 6.25. The van der Waals surface area contributed by atoms with Crippen molar-refractivity contribution in [3.8, 4) is 23.0 Å². The van der Waals surface area contributed by atoms with Crippen molar-refractivity contribution in [1.29, 1.82) is 0 Å². The van der Waals surface area contributed by atoms with Gasteiger partial charge >= 0.3 is 0 Å². The second-order valence-electron chi connectivity index (χ2n) is 5.39. The average Bonchev–Trinajstić information content (AvgIpc) is 2.65. The molecule has 3 rings (SSSR count). The van der Waals surface area contributed by atoms with E-state index in [1.165, 1.54) is 12.1 Å². The van der Waals surface area contributed by atoms with Crippen LogP contribution in [0.3, 0.4) is 0 Å². The van der Waals surface area contributed by atoms with Crippen molar-refractivity contribution in [1.82, 2.24) is 0 Å². The molecular weight excluding hydrogens is 354 g/mol. The smallest absolute Gasteiger partial charge is 0.259 e. The zero-order valence-corrected chi connectivity index (χ0v) is 14.7. The first kappa shape index (κ1) is 17.6. The van der Waals surface area contributed by atoms with E-state index < -0.39 is 5.91 Å². The molecule has 0 fully saturated rings. The van der Waals surface area contributed by atoms with Gasteiger partial charge in [-0.2, -0.15) is 0 Å². The molecule has 0 spiro atoms. The van der Waals surface area contributed by atoms with Crippen LogP contribution in [-0.4, -0.2) is 18.1 Å². The number of para-hydroxylation sites is 1. The summed E-state index contributed by atoms with van der Waals surface area (Å²) in [4.78, 5) is 12.2. The van der Waals surface area contributed by atoms with Gasteiger partial charge in [-0.1, -0.05) is 23.7 Å². The number of carbonyl (C=O) groups is 1. The van der Waals surface area contributed by atoms with Gasteiger partial charge < -0.3 is 19.9 Å². The van der Waals surface area contributed by atoms with Crippen LogP contribution in [0.5, 0.6) is 23.0 Å². The third kappa shape index (κ3) is 4.07. The molecule has 0 bridgehead atoms. The van der Waals surface area contributed by atoms with E-state index in [1.807, 2.05) is 0 Å². The monoisotopic (exact) mass is 369 g/mol. The summed E-state index contributed by atoms with van der Waals surface area (Å²) in [6.07, 6.45) is 0. The molecule has 1 amide bonds. The number of phenols is 1. The summed E-state index contributed by atoms with van der Waals surface area (Å²) in [7, 11) is 1.59. The van der Waals surface area contributed by atoms with Crippen LogP contribution in [0.25, 0.3) is 0 Å². The van der Waals surface area contributed by atoms with Gasteiger partial charge in [-0.05, 0) is 54.6 Å². The number of nitrogens with one attached hydrogen (secondary N) is 1. The molecule has 0 unspecified atom stereocenters. The first-order chi connectivity index (χ1) is 12.6. The van der Waals surface area contributed by atoms with Gasteiger partial charge in [-0.3, -0.25) is 4.79 Å². The molecule has 0 aliphatic carbocycles. The summed E-state index contributed by atoms with van der Waals surface area (Å²) in [6, 6.07) is 18.3. The van der Waals surface area contributed by atoms with Gasteiger partial charge in [0.25, 0.3) is 5.91 Å². The van der Waals surface area contributed by atoms with Gasteiger partial charge in [0.2, 0.25) is 0 Å². The highest BCUT2D eigenvalue weighted by Gasteiger charge is 2.12. The Morgan fingerprint density at radius 2 is 1.69 bits per heavy atom. The highest BCUT2D eigenvalue weighted by Crippen LogP contribution is 2.32. The quantitative estimate of drug-likeness (QED) is 0.656. The Hall–Kier alpha value is -3.18. The van der Waals surface area contributed by atoms with Gasteiger partial charge in [0.15, 0.2) is 0 Å². The van der Waals surface area contributed by atoms with Gasteiger partial charge in [-0.25, -0.2) is 0 Å². The van der Waals surface area contributed by atoms with Crippen molar-refractivity contribution in [3.05, 3.63) is 77.3 Å². The van der Waals surface area contributed by atoms with E-state index >= 15 is 0 Å². The van der Waals surface area contributed by atoms with Crippen molar-refractivity contribution < 1.29 is 19.4 Å². The Kier molecular flexibility index (Phi) is 5.29. The fourth-order valence-corrected chi connectivity index (χ4v) is 2.52. The van der Waals surface area contributed by atoms with Crippen LogP contribution in [0, 0.1) is 0 Å². The summed E-state index contributed by atoms with van der Waals surface area (Å²) in [5.74, 6) is 1.28. The summed E-state index contributed by atoms with van der Waals surface area (Å²) in [5.41, 5.74) is 0.674. The Morgan fingerprint density at radius 3 is 2.35 bits per heavy atom. The van der Waals surface area contributed by atoms with Crippen LogP contribution in [0.4, 0.5) is 5.69 Å². The molecule has 132 valence electrons. The van der Waals surface area contributed by atoms with E-state index in [1.54, 1.807) is 61.7 Å². The SMILES string of the molecule is COc1ccc(Oc2ccc(NC(=O)c3ccccc3O)cc2Cl)cc1. The second-order valence-corrected chi connectivity index (χ2v) is 5.80. The van der Waals surface area contributed by atoms with Crippen LogP contribution in [-0.2, 0) is 0 Å². The molecule has 0 atom stereocenters. The van der Waals surface area contributed by atoms with Crippen LogP contribution in [0.2, 0.25) is 5.02 Å². The molecule has 0 aliphatic heterocycles. The standard InChI is InChI=1S/C20H16ClNO4/c1-25-14-7-9-15(10-8-14)26-19-11-6-13(12-17(19)21)22-20(24)16-4-2-3-5-18(16)23/h2-12,23H,1H3,(H,22,24). The van der Waals surface area contributed by atoms with Gasteiger partial charge in [-0.15, -0.1) is 0 Å². The van der Waals surface area contributed by atoms with Crippen LogP contribution < -0.4 is 14.8 Å². The van der Waals surface area contributed by atoms with Crippen molar-refractivity contribution in [3.63, 3.8) is 0 Å². The number of phenolic OH excluding ortho intramolecular Hbond substituents is 1. The van der Waals surface area contributed by atoms with E-state index in [2.05, 4.69) is 5.32 Å². The van der Waals surface area contributed by atoms with Crippen molar-refractivity contribution in [2.75, 3.05) is 12.4 Å². The molecule has 0 aliphatic rings. The molecule has 3 aromatic carbocycles.